The maximum atomic E-state index is 4.63. The topological polar surface area (TPSA) is 41.7 Å². The standard InChI is InChI=1S/C17H20N4S2/c1-11-8-15(12(2)21(11)9-14-4-3-7-22-14)16-10-23-17(20-19-16)18-13-5-6-13/h3-4,7-8,13H,5-6,9-10H2,1-2H3,(H,18,20). The van der Waals surface area contributed by atoms with Gasteiger partial charge in [-0.25, -0.2) is 0 Å². The number of aryl methyl sites for hydroxylation is 1. The minimum absolute atomic E-state index is 0.539. The summed E-state index contributed by atoms with van der Waals surface area (Å²) >= 11 is 3.57. The lowest BCUT2D eigenvalue weighted by Gasteiger charge is -2.15. The first-order chi connectivity index (χ1) is 11.2. The molecule has 1 saturated carbocycles. The quantitative estimate of drug-likeness (QED) is 0.917. The van der Waals surface area contributed by atoms with Gasteiger partial charge in [0.2, 0.25) is 0 Å². The van der Waals surface area contributed by atoms with Gasteiger partial charge in [-0.15, -0.1) is 11.3 Å². The van der Waals surface area contributed by atoms with E-state index in [0.717, 1.165) is 23.2 Å². The molecule has 0 bridgehead atoms. The van der Waals surface area contributed by atoms with Gasteiger partial charge in [-0.1, -0.05) is 17.8 Å². The molecule has 2 aliphatic rings. The predicted molar refractivity (Wildman–Crippen MR) is 99.9 cm³/mol. The third-order valence-corrected chi connectivity index (χ3v) is 6.01. The molecular weight excluding hydrogens is 324 g/mol. The van der Waals surface area contributed by atoms with Crippen LogP contribution >= 0.6 is 23.1 Å². The van der Waals surface area contributed by atoms with Crippen molar-refractivity contribution in [3.63, 3.8) is 0 Å². The number of thioether (sulfide) groups is 1. The molecule has 0 aromatic carbocycles. The molecule has 1 N–H and O–H groups in total. The van der Waals surface area contributed by atoms with E-state index in [4.69, 9.17) is 0 Å². The average molecular weight is 345 g/mol. The van der Waals surface area contributed by atoms with Crippen molar-refractivity contribution < 1.29 is 0 Å². The van der Waals surface area contributed by atoms with Gasteiger partial charge >= 0.3 is 0 Å². The van der Waals surface area contributed by atoms with Crippen LogP contribution < -0.4 is 5.43 Å². The number of thiophene rings is 1. The Morgan fingerprint density at radius 1 is 1.39 bits per heavy atom. The van der Waals surface area contributed by atoms with Crippen molar-refractivity contribution in [2.75, 3.05) is 5.75 Å². The lowest BCUT2D eigenvalue weighted by Crippen LogP contribution is -2.26. The Labute approximate surface area is 144 Å². The van der Waals surface area contributed by atoms with E-state index in [0.29, 0.717) is 6.04 Å². The van der Waals surface area contributed by atoms with Gasteiger partial charge in [-0.05, 0) is 44.2 Å². The summed E-state index contributed by atoms with van der Waals surface area (Å²) < 4.78 is 2.38. The fourth-order valence-corrected chi connectivity index (χ4v) is 4.31. The highest BCUT2D eigenvalue weighted by Gasteiger charge is 2.23. The van der Waals surface area contributed by atoms with Crippen molar-refractivity contribution in [1.82, 2.24) is 9.99 Å². The van der Waals surface area contributed by atoms with Gasteiger partial charge in [0.25, 0.3) is 0 Å². The van der Waals surface area contributed by atoms with Crippen LogP contribution in [0, 0.1) is 13.8 Å². The Morgan fingerprint density at radius 3 is 2.91 bits per heavy atom. The molecule has 0 unspecified atom stereocenters. The van der Waals surface area contributed by atoms with Crippen molar-refractivity contribution in [2.24, 2.45) is 10.1 Å². The zero-order chi connectivity index (χ0) is 15.8. The third kappa shape index (κ3) is 3.23. The number of aromatic nitrogens is 1. The van der Waals surface area contributed by atoms with E-state index in [1.807, 2.05) is 11.3 Å². The van der Waals surface area contributed by atoms with Crippen LogP contribution in [0.2, 0.25) is 0 Å². The Bertz CT molecular complexity index is 767. The van der Waals surface area contributed by atoms with E-state index in [9.17, 15) is 0 Å². The van der Waals surface area contributed by atoms with Crippen LogP contribution in [-0.2, 0) is 6.54 Å². The largest absolute Gasteiger partial charge is 0.343 e. The fraction of sp³-hybridized carbons (Fsp3) is 0.412. The average Bonchev–Trinajstić information content (AvgIpc) is 3.13. The van der Waals surface area contributed by atoms with Crippen molar-refractivity contribution in [2.45, 2.75) is 39.3 Å². The summed E-state index contributed by atoms with van der Waals surface area (Å²) in [6.45, 7) is 5.31. The Morgan fingerprint density at radius 2 is 2.26 bits per heavy atom. The second-order valence-corrected chi connectivity index (χ2v) is 8.07. The maximum Gasteiger partial charge on any atom is 0.177 e. The summed E-state index contributed by atoms with van der Waals surface area (Å²) in [6, 6.07) is 7.10. The second-order valence-electron chi connectivity index (χ2n) is 6.07. The molecular formula is C17H20N4S2. The summed E-state index contributed by atoms with van der Waals surface area (Å²) in [5, 5.41) is 7.69. The number of hydrogen-bond donors (Lipinski definition) is 1. The predicted octanol–water partition coefficient (Wildman–Crippen LogP) is 3.77. The number of nitrogens with zero attached hydrogens (tertiary/aromatic N) is 3. The van der Waals surface area contributed by atoms with Crippen LogP contribution in [0.15, 0.2) is 33.7 Å². The van der Waals surface area contributed by atoms with Crippen LogP contribution in [-0.4, -0.2) is 27.2 Å². The molecule has 0 radical (unpaired) electrons. The molecule has 1 aliphatic heterocycles. The zero-order valence-corrected chi connectivity index (χ0v) is 15.0. The molecule has 3 heterocycles. The van der Waals surface area contributed by atoms with Crippen molar-refractivity contribution in [1.29, 1.82) is 0 Å². The highest BCUT2D eigenvalue weighted by Crippen LogP contribution is 2.26. The summed E-state index contributed by atoms with van der Waals surface area (Å²) in [4.78, 5) is 6.01. The monoisotopic (exact) mass is 344 g/mol. The Hall–Kier alpha value is -1.53. The lowest BCUT2D eigenvalue weighted by atomic mass is 10.1. The molecule has 4 nitrogen and oxygen atoms in total. The van der Waals surface area contributed by atoms with Gasteiger partial charge in [0.15, 0.2) is 5.17 Å². The van der Waals surface area contributed by atoms with Crippen LogP contribution in [0.1, 0.15) is 34.7 Å². The number of hydrogen-bond acceptors (Lipinski definition) is 4. The molecule has 120 valence electrons. The van der Waals surface area contributed by atoms with Crippen molar-refractivity contribution >= 4 is 34.0 Å². The van der Waals surface area contributed by atoms with Crippen LogP contribution in [0.4, 0.5) is 0 Å². The molecule has 0 amide bonds. The van der Waals surface area contributed by atoms with E-state index in [1.165, 1.54) is 34.7 Å². The summed E-state index contributed by atoms with van der Waals surface area (Å²) in [5.74, 6) is 0.891. The van der Waals surface area contributed by atoms with Crippen LogP contribution in [0.3, 0.4) is 0 Å². The second kappa shape index (κ2) is 6.17. The van der Waals surface area contributed by atoms with Gasteiger partial charge < -0.3 is 4.57 Å². The normalized spacial score (nSPS) is 19.7. The third-order valence-electron chi connectivity index (χ3n) is 4.26. The van der Waals surface area contributed by atoms with E-state index >= 15 is 0 Å². The van der Waals surface area contributed by atoms with Gasteiger partial charge in [0.1, 0.15) is 0 Å². The molecule has 6 heteroatoms. The zero-order valence-electron chi connectivity index (χ0n) is 13.4. The smallest absolute Gasteiger partial charge is 0.177 e. The molecule has 4 rings (SSSR count). The fourth-order valence-electron chi connectivity index (χ4n) is 2.79. The van der Waals surface area contributed by atoms with E-state index in [2.05, 4.69) is 57.5 Å². The van der Waals surface area contributed by atoms with E-state index in [-0.39, 0.29) is 0 Å². The summed E-state index contributed by atoms with van der Waals surface area (Å²) in [7, 11) is 0. The molecule has 2 aromatic heterocycles. The number of rotatable bonds is 4. The molecule has 1 aliphatic carbocycles. The van der Waals surface area contributed by atoms with Gasteiger partial charge in [0, 0.05) is 27.6 Å². The minimum atomic E-state index is 0.539. The molecule has 2 aromatic rings. The number of amidine groups is 1. The first-order valence-electron chi connectivity index (χ1n) is 7.93. The minimum Gasteiger partial charge on any atom is -0.343 e. The van der Waals surface area contributed by atoms with E-state index < -0.39 is 0 Å². The summed E-state index contributed by atoms with van der Waals surface area (Å²) in [6.07, 6.45) is 2.46. The lowest BCUT2D eigenvalue weighted by molar-refractivity contribution is 0.758. The first-order valence-corrected chi connectivity index (χ1v) is 9.80. The summed E-state index contributed by atoms with van der Waals surface area (Å²) in [5.41, 5.74) is 8.09. The maximum absolute atomic E-state index is 4.63. The van der Waals surface area contributed by atoms with Crippen molar-refractivity contribution in [3.8, 4) is 0 Å². The van der Waals surface area contributed by atoms with Crippen LogP contribution in [0.25, 0.3) is 0 Å². The Kier molecular flexibility index (Phi) is 4.03. The first kappa shape index (κ1) is 15.0. The highest BCUT2D eigenvalue weighted by atomic mass is 32.2. The van der Waals surface area contributed by atoms with Gasteiger partial charge in [-0.3, -0.25) is 10.4 Å². The molecule has 23 heavy (non-hydrogen) atoms. The highest BCUT2D eigenvalue weighted by molar-refractivity contribution is 8.14. The SMILES string of the molecule is Cc1cc(C2=NNC(=NC3CC3)SC2)c(C)n1Cc1cccs1. The molecule has 0 spiro atoms. The van der Waals surface area contributed by atoms with E-state index in [1.54, 1.807) is 11.8 Å². The van der Waals surface area contributed by atoms with Gasteiger partial charge in [0.05, 0.1) is 18.3 Å². The number of nitrogens with one attached hydrogen (secondary N) is 1. The van der Waals surface area contributed by atoms with Crippen LogP contribution in [0.5, 0.6) is 0 Å². The van der Waals surface area contributed by atoms with Crippen molar-refractivity contribution in [3.05, 3.63) is 45.4 Å². The Balaban J connectivity index is 1.56. The van der Waals surface area contributed by atoms with Gasteiger partial charge in [-0.2, -0.15) is 5.10 Å². The molecule has 0 saturated heterocycles. The number of hydrazone groups is 1. The number of aliphatic imine (C=N–C) groups is 1. The molecule has 0 atom stereocenters. The molecule has 1 fully saturated rings.